The molecule has 1 atom stereocenters. The summed E-state index contributed by atoms with van der Waals surface area (Å²) in [6, 6.07) is 8.02. The molecule has 2 aromatic rings. The van der Waals surface area contributed by atoms with Crippen LogP contribution in [0.3, 0.4) is 0 Å². The van der Waals surface area contributed by atoms with E-state index in [2.05, 4.69) is 13.0 Å². The SMILES string of the molecule is Cc1cccc2oc(C(C)CO)cc12. The molecule has 1 unspecified atom stereocenters. The third-order valence-corrected chi connectivity index (χ3v) is 2.56. The molecule has 0 spiro atoms. The first-order valence-corrected chi connectivity index (χ1v) is 4.82. The van der Waals surface area contributed by atoms with Gasteiger partial charge in [0.05, 0.1) is 6.61 Å². The Morgan fingerprint density at radius 3 is 2.86 bits per heavy atom. The number of furan rings is 1. The van der Waals surface area contributed by atoms with Gasteiger partial charge >= 0.3 is 0 Å². The predicted octanol–water partition coefficient (Wildman–Crippen LogP) is 2.84. The van der Waals surface area contributed by atoms with Crippen molar-refractivity contribution in [2.75, 3.05) is 6.61 Å². The smallest absolute Gasteiger partial charge is 0.134 e. The van der Waals surface area contributed by atoms with E-state index in [1.807, 2.05) is 25.1 Å². The second-order valence-electron chi connectivity index (χ2n) is 3.72. The maximum Gasteiger partial charge on any atom is 0.134 e. The molecule has 74 valence electrons. The molecule has 2 heteroatoms. The Labute approximate surface area is 83.2 Å². The number of hydrogen-bond donors (Lipinski definition) is 1. The van der Waals surface area contributed by atoms with Gasteiger partial charge in [0.15, 0.2) is 0 Å². The fourth-order valence-electron chi connectivity index (χ4n) is 1.56. The highest BCUT2D eigenvalue weighted by Gasteiger charge is 2.10. The van der Waals surface area contributed by atoms with E-state index in [4.69, 9.17) is 9.52 Å². The summed E-state index contributed by atoms with van der Waals surface area (Å²) in [5.74, 6) is 0.929. The summed E-state index contributed by atoms with van der Waals surface area (Å²) in [5, 5.41) is 10.2. The second kappa shape index (κ2) is 3.46. The van der Waals surface area contributed by atoms with Crippen LogP contribution in [0.15, 0.2) is 28.7 Å². The predicted molar refractivity (Wildman–Crippen MR) is 56.5 cm³/mol. The van der Waals surface area contributed by atoms with Crippen molar-refractivity contribution in [2.45, 2.75) is 19.8 Å². The van der Waals surface area contributed by atoms with Crippen LogP contribution in [0, 0.1) is 6.92 Å². The van der Waals surface area contributed by atoms with Gasteiger partial charge in [0.1, 0.15) is 11.3 Å². The minimum Gasteiger partial charge on any atom is -0.461 e. The molecule has 0 saturated carbocycles. The van der Waals surface area contributed by atoms with E-state index >= 15 is 0 Å². The van der Waals surface area contributed by atoms with E-state index in [9.17, 15) is 0 Å². The monoisotopic (exact) mass is 190 g/mol. The number of rotatable bonds is 2. The molecule has 2 rings (SSSR count). The highest BCUT2D eigenvalue weighted by Crippen LogP contribution is 2.26. The molecule has 1 N–H and O–H groups in total. The van der Waals surface area contributed by atoms with Gasteiger partial charge in [0.2, 0.25) is 0 Å². The number of fused-ring (bicyclic) bond motifs is 1. The standard InChI is InChI=1S/C12H14O2/c1-8-4-3-5-11-10(8)6-12(14-11)9(2)7-13/h3-6,9,13H,7H2,1-2H3. The molecule has 0 bridgehead atoms. The maximum atomic E-state index is 9.02. The Morgan fingerprint density at radius 1 is 1.43 bits per heavy atom. The van der Waals surface area contributed by atoms with E-state index < -0.39 is 0 Å². The lowest BCUT2D eigenvalue weighted by Crippen LogP contribution is -1.95. The van der Waals surface area contributed by atoms with E-state index in [0.29, 0.717) is 0 Å². The van der Waals surface area contributed by atoms with Gasteiger partial charge in [0.25, 0.3) is 0 Å². The summed E-state index contributed by atoms with van der Waals surface area (Å²) in [6.07, 6.45) is 0. The fraction of sp³-hybridized carbons (Fsp3) is 0.333. The van der Waals surface area contributed by atoms with E-state index in [1.54, 1.807) is 0 Å². The number of aryl methyl sites for hydroxylation is 1. The number of aliphatic hydroxyl groups excluding tert-OH is 1. The second-order valence-corrected chi connectivity index (χ2v) is 3.72. The lowest BCUT2D eigenvalue weighted by Gasteiger charge is -2.00. The van der Waals surface area contributed by atoms with Crippen molar-refractivity contribution >= 4 is 11.0 Å². The summed E-state index contributed by atoms with van der Waals surface area (Å²) < 4.78 is 5.64. The molecular weight excluding hydrogens is 176 g/mol. The van der Waals surface area contributed by atoms with Crippen molar-refractivity contribution in [2.24, 2.45) is 0 Å². The van der Waals surface area contributed by atoms with Crippen LogP contribution in [0.2, 0.25) is 0 Å². The minimum atomic E-state index is 0.0711. The Balaban J connectivity index is 2.56. The molecule has 0 amide bonds. The molecule has 2 nitrogen and oxygen atoms in total. The zero-order valence-electron chi connectivity index (χ0n) is 8.45. The molecule has 0 aliphatic carbocycles. The van der Waals surface area contributed by atoms with Crippen LogP contribution < -0.4 is 0 Å². The Morgan fingerprint density at radius 2 is 2.21 bits per heavy atom. The van der Waals surface area contributed by atoms with Crippen molar-refractivity contribution in [1.82, 2.24) is 0 Å². The minimum absolute atomic E-state index is 0.0711. The van der Waals surface area contributed by atoms with Crippen LogP contribution >= 0.6 is 0 Å². The van der Waals surface area contributed by atoms with Crippen molar-refractivity contribution in [3.8, 4) is 0 Å². The molecule has 0 radical (unpaired) electrons. The normalized spacial score (nSPS) is 13.4. The summed E-state index contributed by atoms with van der Waals surface area (Å²) in [7, 11) is 0. The first kappa shape index (κ1) is 9.28. The number of benzene rings is 1. The van der Waals surface area contributed by atoms with Crippen LogP contribution in [0.5, 0.6) is 0 Å². The van der Waals surface area contributed by atoms with Gasteiger partial charge < -0.3 is 9.52 Å². The summed E-state index contributed by atoms with van der Waals surface area (Å²) in [6.45, 7) is 4.14. The van der Waals surface area contributed by atoms with E-state index in [0.717, 1.165) is 16.7 Å². The zero-order valence-corrected chi connectivity index (χ0v) is 8.45. The molecule has 1 heterocycles. The number of hydrogen-bond acceptors (Lipinski definition) is 2. The first-order chi connectivity index (χ1) is 6.72. The lowest BCUT2D eigenvalue weighted by molar-refractivity contribution is 0.259. The average Bonchev–Trinajstić information content (AvgIpc) is 2.62. The van der Waals surface area contributed by atoms with Crippen molar-refractivity contribution in [1.29, 1.82) is 0 Å². The zero-order chi connectivity index (χ0) is 10.1. The van der Waals surface area contributed by atoms with Gasteiger partial charge in [-0.1, -0.05) is 19.1 Å². The fourth-order valence-corrected chi connectivity index (χ4v) is 1.56. The quantitative estimate of drug-likeness (QED) is 0.790. The van der Waals surface area contributed by atoms with Crippen molar-refractivity contribution < 1.29 is 9.52 Å². The van der Waals surface area contributed by atoms with Gasteiger partial charge in [-0.2, -0.15) is 0 Å². The third kappa shape index (κ3) is 1.42. The Hall–Kier alpha value is -1.28. The molecule has 1 aromatic carbocycles. The van der Waals surface area contributed by atoms with Gasteiger partial charge in [-0.15, -0.1) is 0 Å². The highest BCUT2D eigenvalue weighted by molar-refractivity contribution is 5.81. The van der Waals surface area contributed by atoms with Gasteiger partial charge in [-0.25, -0.2) is 0 Å². The molecule has 0 aliphatic heterocycles. The van der Waals surface area contributed by atoms with Crippen LogP contribution in [0.25, 0.3) is 11.0 Å². The molecule has 0 aliphatic rings. The van der Waals surface area contributed by atoms with Crippen LogP contribution in [0.1, 0.15) is 24.2 Å². The maximum absolute atomic E-state index is 9.02. The molecule has 0 saturated heterocycles. The van der Waals surface area contributed by atoms with Crippen LogP contribution in [-0.4, -0.2) is 11.7 Å². The van der Waals surface area contributed by atoms with Crippen molar-refractivity contribution in [3.05, 3.63) is 35.6 Å². The largest absolute Gasteiger partial charge is 0.461 e. The average molecular weight is 190 g/mol. The molecule has 1 aromatic heterocycles. The Bertz CT molecular complexity index is 443. The van der Waals surface area contributed by atoms with Crippen molar-refractivity contribution in [3.63, 3.8) is 0 Å². The lowest BCUT2D eigenvalue weighted by atomic mass is 10.1. The topological polar surface area (TPSA) is 33.4 Å². The molecule has 0 fully saturated rings. The summed E-state index contributed by atoms with van der Waals surface area (Å²) in [4.78, 5) is 0. The summed E-state index contributed by atoms with van der Waals surface area (Å²) >= 11 is 0. The summed E-state index contributed by atoms with van der Waals surface area (Å²) in [5.41, 5.74) is 2.11. The van der Waals surface area contributed by atoms with Gasteiger partial charge in [-0.3, -0.25) is 0 Å². The van der Waals surface area contributed by atoms with Crippen LogP contribution in [-0.2, 0) is 0 Å². The van der Waals surface area contributed by atoms with Gasteiger partial charge in [0, 0.05) is 11.3 Å². The van der Waals surface area contributed by atoms with Gasteiger partial charge in [-0.05, 0) is 24.6 Å². The third-order valence-electron chi connectivity index (χ3n) is 2.56. The first-order valence-electron chi connectivity index (χ1n) is 4.82. The molecule has 14 heavy (non-hydrogen) atoms. The Kier molecular flexibility index (Phi) is 2.30. The molecular formula is C12H14O2. The van der Waals surface area contributed by atoms with Crippen LogP contribution in [0.4, 0.5) is 0 Å². The van der Waals surface area contributed by atoms with E-state index in [-0.39, 0.29) is 12.5 Å². The number of aliphatic hydroxyl groups is 1. The highest BCUT2D eigenvalue weighted by atomic mass is 16.3. The van der Waals surface area contributed by atoms with E-state index in [1.165, 1.54) is 5.56 Å².